The van der Waals surface area contributed by atoms with Gasteiger partial charge in [0.1, 0.15) is 11.4 Å². The molecule has 0 atom stereocenters. The van der Waals surface area contributed by atoms with E-state index in [4.69, 9.17) is 4.74 Å². The van der Waals surface area contributed by atoms with E-state index in [1.165, 1.54) is 18.9 Å². The predicted octanol–water partition coefficient (Wildman–Crippen LogP) is 2.82. The quantitative estimate of drug-likeness (QED) is 0.630. The summed E-state index contributed by atoms with van der Waals surface area (Å²) in [6, 6.07) is 4.74. The van der Waals surface area contributed by atoms with Crippen LogP contribution in [0.15, 0.2) is 18.2 Å². The summed E-state index contributed by atoms with van der Waals surface area (Å²) >= 11 is 0. The highest BCUT2D eigenvalue weighted by Gasteiger charge is 2.37. The smallest absolute Gasteiger partial charge is 0.292 e. The first-order valence-electron chi connectivity index (χ1n) is 5.60. The third-order valence-electron chi connectivity index (χ3n) is 3.21. The van der Waals surface area contributed by atoms with Crippen LogP contribution in [0.4, 0.5) is 11.4 Å². The van der Waals surface area contributed by atoms with Crippen molar-refractivity contribution in [2.24, 2.45) is 5.41 Å². The van der Waals surface area contributed by atoms with Crippen molar-refractivity contribution < 1.29 is 9.66 Å². The normalized spacial score (nSPS) is 16.4. The second-order valence-electron chi connectivity index (χ2n) is 4.80. The van der Waals surface area contributed by atoms with Crippen molar-refractivity contribution in [1.29, 1.82) is 0 Å². The molecule has 1 N–H and O–H groups in total. The lowest BCUT2D eigenvalue weighted by molar-refractivity contribution is -0.384. The first-order valence-corrected chi connectivity index (χ1v) is 5.60. The monoisotopic (exact) mass is 236 g/mol. The highest BCUT2D eigenvalue weighted by Crippen LogP contribution is 2.45. The van der Waals surface area contributed by atoms with E-state index in [9.17, 15) is 10.1 Å². The average Bonchev–Trinajstić information content (AvgIpc) is 3.04. The SMILES string of the molecule is COc1ccc([N+](=O)[O-])c(NCC2(C)CC2)c1. The lowest BCUT2D eigenvalue weighted by atomic mass is 10.1. The predicted molar refractivity (Wildman–Crippen MR) is 65.5 cm³/mol. The molecule has 1 aliphatic rings. The van der Waals surface area contributed by atoms with Gasteiger partial charge in [0.05, 0.1) is 12.0 Å². The number of methoxy groups -OCH3 is 1. The van der Waals surface area contributed by atoms with Gasteiger partial charge in [-0.2, -0.15) is 0 Å². The van der Waals surface area contributed by atoms with Gasteiger partial charge in [-0.05, 0) is 24.3 Å². The minimum absolute atomic E-state index is 0.0926. The van der Waals surface area contributed by atoms with Gasteiger partial charge >= 0.3 is 0 Å². The van der Waals surface area contributed by atoms with Crippen LogP contribution in [0.5, 0.6) is 5.75 Å². The Balaban J connectivity index is 2.18. The zero-order valence-electron chi connectivity index (χ0n) is 10.0. The standard InChI is InChI=1S/C12H16N2O3/c1-12(5-6-12)8-13-10-7-9(17-2)3-4-11(10)14(15)16/h3-4,7,13H,5-6,8H2,1-2H3. The number of rotatable bonds is 5. The fraction of sp³-hybridized carbons (Fsp3) is 0.500. The van der Waals surface area contributed by atoms with E-state index >= 15 is 0 Å². The van der Waals surface area contributed by atoms with E-state index in [1.54, 1.807) is 19.2 Å². The van der Waals surface area contributed by atoms with Crippen LogP contribution in [0.3, 0.4) is 0 Å². The second kappa shape index (κ2) is 4.24. The van der Waals surface area contributed by atoms with Crippen LogP contribution in [0.2, 0.25) is 0 Å². The summed E-state index contributed by atoms with van der Waals surface area (Å²) in [5.74, 6) is 0.624. The Bertz CT molecular complexity index is 441. The van der Waals surface area contributed by atoms with Gasteiger partial charge in [-0.1, -0.05) is 6.92 Å². The Morgan fingerprint density at radius 2 is 2.24 bits per heavy atom. The Labute approximate surface area is 99.9 Å². The fourth-order valence-corrected chi connectivity index (χ4v) is 1.64. The first kappa shape index (κ1) is 11.7. The maximum atomic E-state index is 10.9. The third-order valence-corrected chi connectivity index (χ3v) is 3.21. The van der Waals surface area contributed by atoms with Crippen LogP contribution < -0.4 is 10.1 Å². The molecule has 0 radical (unpaired) electrons. The van der Waals surface area contributed by atoms with Crippen LogP contribution in [0.1, 0.15) is 19.8 Å². The van der Waals surface area contributed by atoms with Gasteiger partial charge in [0, 0.05) is 18.7 Å². The maximum Gasteiger partial charge on any atom is 0.292 e. The molecule has 1 fully saturated rings. The molecule has 1 aromatic carbocycles. The number of ether oxygens (including phenoxy) is 1. The molecule has 0 unspecified atom stereocenters. The van der Waals surface area contributed by atoms with Gasteiger partial charge in [-0.15, -0.1) is 0 Å². The van der Waals surface area contributed by atoms with Crippen molar-refractivity contribution in [2.75, 3.05) is 19.0 Å². The summed E-state index contributed by atoms with van der Waals surface area (Å²) in [5, 5.41) is 14.0. The fourth-order valence-electron chi connectivity index (χ4n) is 1.64. The van der Waals surface area contributed by atoms with Crippen LogP contribution >= 0.6 is 0 Å². The van der Waals surface area contributed by atoms with E-state index in [2.05, 4.69) is 12.2 Å². The van der Waals surface area contributed by atoms with E-state index in [0.29, 0.717) is 16.9 Å². The van der Waals surface area contributed by atoms with Gasteiger partial charge in [0.25, 0.3) is 5.69 Å². The molecule has 0 aromatic heterocycles. The Morgan fingerprint density at radius 3 is 2.76 bits per heavy atom. The van der Waals surface area contributed by atoms with E-state index < -0.39 is 0 Å². The summed E-state index contributed by atoms with van der Waals surface area (Å²) < 4.78 is 5.07. The number of anilines is 1. The van der Waals surface area contributed by atoms with Crippen molar-refractivity contribution in [1.82, 2.24) is 0 Å². The molecule has 0 aliphatic heterocycles. The lowest BCUT2D eigenvalue weighted by Crippen LogP contribution is -2.12. The van der Waals surface area contributed by atoms with Crippen molar-refractivity contribution >= 4 is 11.4 Å². The maximum absolute atomic E-state index is 10.9. The van der Waals surface area contributed by atoms with Gasteiger partial charge < -0.3 is 10.1 Å². The molecule has 1 aromatic rings. The molecule has 5 heteroatoms. The number of nitrogens with zero attached hydrogens (tertiary/aromatic N) is 1. The zero-order chi connectivity index (χ0) is 12.5. The molecule has 1 saturated carbocycles. The molecule has 0 saturated heterocycles. The van der Waals surface area contributed by atoms with Crippen LogP contribution in [-0.4, -0.2) is 18.6 Å². The molecule has 92 valence electrons. The van der Waals surface area contributed by atoms with Crippen molar-refractivity contribution in [3.05, 3.63) is 28.3 Å². The summed E-state index contributed by atoms with van der Waals surface area (Å²) in [7, 11) is 1.55. The number of hydrogen-bond donors (Lipinski definition) is 1. The highest BCUT2D eigenvalue weighted by atomic mass is 16.6. The van der Waals surface area contributed by atoms with Crippen LogP contribution in [0, 0.1) is 15.5 Å². The summed E-state index contributed by atoms with van der Waals surface area (Å²) in [6.07, 6.45) is 2.36. The van der Waals surface area contributed by atoms with Crippen LogP contribution in [-0.2, 0) is 0 Å². The third kappa shape index (κ3) is 2.67. The molecule has 1 aliphatic carbocycles. The molecule has 0 spiro atoms. The van der Waals surface area contributed by atoms with Gasteiger partial charge in [0.15, 0.2) is 0 Å². The van der Waals surface area contributed by atoms with Crippen LogP contribution in [0.25, 0.3) is 0 Å². The zero-order valence-corrected chi connectivity index (χ0v) is 10.0. The molecule has 2 rings (SSSR count). The van der Waals surface area contributed by atoms with Gasteiger partial charge in [0.2, 0.25) is 0 Å². The minimum Gasteiger partial charge on any atom is -0.497 e. The average molecular weight is 236 g/mol. The summed E-state index contributed by atoms with van der Waals surface area (Å²) in [4.78, 5) is 10.5. The lowest BCUT2D eigenvalue weighted by Gasteiger charge is -2.12. The van der Waals surface area contributed by atoms with E-state index in [0.717, 1.165) is 6.54 Å². The molecule has 0 heterocycles. The van der Waals surface area contributed by atoms with Crippen molar-refractivity contribution in [3.63, 3.8) is 0 Å². The number of nitro benzene ring substituents is 1. The number of nitrogens with one attached hydrogen (secondary N) is 1. The topological polar surface area (TPSA) is 64.4 Å². The number of nitro groups is 1. The largest absolute Gasteiger partial charge is 0.497 e. The summed E-state index contributed by atoms with van der Waals surface area (Å²) in [5.41, 5.74) is 0.925. The van der Waals surface area contributed by atoms with Gasteiger partial charge in [-0.3, -0.25) is 10.1 Å². The Morgan fingerprint density at radius 1 is 1.53 bits per heavy atom. The molecular formula is C12H16N2O3. The Kier molecular flexibility index (Phi) is 2.92. The molecule has 5 nitrogen and oxygen atoms in total. The minimum atomic E-state index is -0.378. The number of benzene rings is 1. The Hall–Kier alpha value is -1.78. The first-order chi connectivity index (χ1) is 8.04. The van der Waals surface area contributed by atoms with E-state index in [1.807, 2.05) is 0 Å². The molecular weight excluding hydrogens is 220 g/mol. The molecule has 0 amide bonds. The molecule has 0 bridgehead atoms. The highest BCUT2D eigenvalue weighted by molar-refractivity contribution is 5.64. The van der Waals surface area contributed by atoms with Crippen molar-refractivity contribution in [2.45, 2.75) is 19.8 Å². The summed E-state index contributed by atoms with van der Waals surface area (Å²) in [6.45, 7) is 2.94. The van der Waals surface area contributed by atoms with Gasteiger partial charge in [-0.25, -0.2) is 0 Å². The van der Waals surface area contributed by atoms with Crippen molar-refractivity contribution in [3.8, 4) is 5.75 Å². The molecule has 17 heavy (non-hydrogen) atoms. The second-order valence-corrected chi connectivity index (χ2v) is 4.80. The number of hydrogen-bond acceptors (Lipinski definition) is 4. The van der Waals surface area contributed by atoms with E-state index in [-0.39, 0.29) is 10.6 Å².